The molecule has 0 amide bonds. The Morgan fingerprint density at radius 3 is 2.53 bits per heavy atom. The lowest BCUT2D eigenvalue weighted by Crippen LogP contribution is -2.14. The summed E-state index contributed by atoms with van der Waals surface area (Å²) in [7, 11) is 0.484. The first-order valence-corrected chi connectivity index (χ1v) is 7.76. The molecule has 0 saturated heterocycles. The lowest BCUT2D eigenvalue weighted by atomic mass is 10.1. The molecule has 1 atom stereocenters. The molecule has 106 valence electrons. The van der Waals surface area contributed by atoms with Gasteiger partial charge in [0.15, 0.2) is 5.78 Å². The zero-order valence-electron chi connectivity index (χ0n) is 11.4. The van der Waals surface area contributed by atoms with Gasteiger partial charge in [0, 0.05) is 35.8 Å². The second-order valence-corrected chi connectivity index (χ2v) is 5.59. The van der Waals surface area contributed by atoms with Gasteiger partial charge < -0.3 is 9.47 Å². The van der Waals surface area contributed by atoms with Crippen LogP contribution in [0.25, 0.3) is 0 Å². The SMILES string of the molecule is CCOc1ccc(C(=O)CS(=O)CCCOC)cc1. The normalized spacial score (nSPS) is 12.1. The summed E-state index contributed by atoms with van der Waals surface area (Å²) >= 11 is 0. The summed E-state index contributed by atoms with van der Waals surface area (Å²) in [5.41, 5.74) is 0.573. The molecule has 0 N–H and O–H groups in total. The van der Waals surface area contributed by atoms with E-state index in [9.17, 15) is 9.00 Å². The van der Waals surface area contributed by atoms with Gasteiger partial charge in [-0.3, -0.25) is 9.00 Å². The summed E-state index contributed by atoms with van der Waals surface area (Å²) in [5.74, 6) is 1.20. The van der Waals surface area contributed by atoms with Crippen molar-refractivity contribution in [3.8, 4) is 5.75 Å². The van der Waals surface area contributed by atoms with E-state index in [1.165, 1.54) is 0 Å². The smallest absolute Gasteiger partial charge is 0.175 e. The molecule has 0 aromatic heterocycles. The predicted molar refractivity (Wildman–Crippen MR) is 76.3 cm³/mol. The average molecular weight is 284 g/mol. The van der Waals surface area contributed by atoms with Gasteiger partial charge in [-0.2, -0.15) is 0 Å². The molecule has 1 aromatic rings. The minimum Gasteiger partial charge on any atom is -0.494 e. The highest BCUT2D eigenvalue weighted by Gasteiger charge is 2.10. The highest BCUT2D eigenvalue weighted by Crippen LogP contribution is 2.12. The van der Waals surface area contributed by atoms with Crippen LogP contribution < -0.4 is 4.74 Å². The van der Waals surface area contributed by atoms with Crippen molar-refractivity contribution in [1.29, 1.82) is 0 Å². The second-order valence-electron chi connectivity index (χ2n) is 4.02. The van der Waals surface area contributed by atoms with Gasteiger partial charge in [0.25, 0.3) is 0 Å². The number of hydrogen-bond donors (Lipinski definition) is 0. The minimum absolute atomic E-state index is 0.0672. The number of methoxy groups -OCH3 is 1. The molecule has 1 rings (SSSR count). The van der Waals surface area contributed by atoms with E-state index in [0.717, 1.165) is 5.75 Å². The fraction of sp³-hybridized carbons (Fsp3) is 0.500. The molecular weight excluding hydrogens is 264 g/mol. The molecule has 0 aliphatic rings. The molecule has 1 unspecified atom stereocenters. The van der Waals surface area contributed by atoms with E-state index in [1.54, 1.807) is 31.4 Å². The van der Waals surface area contributed by atoms with Crippen LogP contribution in [0.3, 0.4) is 0 Å². The monoisotopic (exact) mass is 284 g/mol. The number of benzene rings is 1. The van der Waals surface area contributed by atoms with Crippen LogP contribution >= 0.6 is 0 Å². The number of ether oxygens (including phenoxy) is 2. The third kappa shape index (κ3) is 5.98. The summed E-state index contributed by atoms with van der Waals surface area (Å²) in [4.78, 5) is 11.9. The van der Waals surface area contributed by atoms with Crippen molar-refractivity contribution in [2.45, 2.75) is 13.3 Å². The van der Waals surface area contributed by atoms with Gasteiger partial charge in [0.1, 0.15) is 5.75 Å². The number of carbonyl (C=O) groups excluding carboxylic acids is 1. The Morgan fingerprint density at radius 2 is 1.95 bits per heavy atom. The van der Waals surface area contributed by atoms with Crippen molar-refractivity contribution in [1.82, 2.24) is 0 Å². The van der Waals surface area contributed by atoms with Crippen molar-refractivity contribution in [3.63, 3.8) is 0 Å². The molecule has 0 radical (unpaired) electrons. The van der Waals surface area contributed by atoms with E-state index in [-0.39, 0.29) is 11.5 Å². The van der Waals surface area contributed by atoms with Crippen LogP contribution in [0.1, 0.15) is 23.7 Å². The fourth-order valence-electron chi connectivity index (χ4n) is 1.57. The largest absolute Gasteiger partial charge is 0.494 e. The van der Waals surface area contributed by atoms with Crippen molar-refractivity contribution in [2.24, 2.45) is 0 Å². The maximum Gasteiger partial charge on any atom is 0.175 e. The maximum atomic E-state index is 11.9. The van der Waals surface area contributed by atoms with Crippen LogP contribution in [0.15, 0.2) is 24.3 Å². The number of carbonyl (C=O) groups is 1. The molecule has 4 nitrogen and oxygen atoms in total. The van der Waals surface area contributed by atoms with Crippen molar-refractivity contribution >= 4 is 16.6 Å². The molecule has 0 aliphatic carbocycles. The Labute approximate surface area is 116 Å². The quantitative estimate of drug-likeness (QED) is 0.514. The van der Waals surface area contributed by atoms with Crippen molar-refractivity contribution in [2.75, 3.05) is 31.8 Å². The third-order valence-electron chi connectivity index (χ3n) is 2.50. The Kier molecular flexibility index (Phi) is 7.36. The summed E-state index contributed by atoms with van der Waals surface area (Å²) in [6, 6.07) is 6.93. The van der Waals surface area contributed by atoms with E-state index in [0.29, 0.717) is 31.0 Å². The van der Waals surface area contributed by atoms with Gasteiger partial charge in [-0.1, -0.05) is 0 Å². The Hall–Kier alpha value is -1.20. The first-order chi connectivity index (χ1) is 9.17. The molecule has 0 aliphatic heterocycles. The van der Waals surface area contributed by atoms with E-state index in [1.807, 2.05) is 6.92 Å². The summed E-state index contributed by atoms with van der Waals surface area (Å²) in [5, 5.41) is 0. The van der Waals surface area contributed by atoms with Crippen LogP contribution in [-0.4, -0.2) is 41.8 Å². The Balaban J connectivity index is 2.46. The number of ketones is 1. The van der Waals surface area contributed by atoms with Crippen LogP contribution in [0.2, 0.25) is 0 Å². The Morgan fingerprint density at radius 1 is 1.26 bits per heavy atom. The first kappa shape index (κ1) is 15.9. The van der Waals surface area contributed by atoms with Crippen LogP contribution in [-0.2, 0) is 15.5 Å². The van der Waals surface area contributed by atoms with E-state index < -0.39 is 10.8 Å². The second kappa shape index (κ2) is 8.82. The predicted octanol–water partition coefficient (Wildman–Crippen LogP) is 2.05. The number of Topliss-reactive ketones (excluding diaryl/α,β-unsaturated/α-hetero) is 1. The number of hydrogen-bond acceptors (Lipinski definition) is 4. The molecule has 0 heterocycles. The number of rotatable bonds is 9. The van der Waals surface area contributed by atoms with Gasteiger partial charge in [-0.15, -0.1) is 0 Å². The van der Waals surface area contributed by atoms with Crippen molar-refractivity contribution < 1.29 is 18.5 Å². The van der Waals surface area contributed by atoms with E-state index >= 15 is 0 Å². The molecule has 1 aromatic carbocycles. The highest BCUT2D eigenvalue weighted by molar-refractivity contribution is 7.85. The van der Waals surface area contributed by atoms with Crippen molar-refractivity contribution in [3.05, 3.63) is 29.8 Å². The molecule has 0 bridgehead atoms. The van der Waals surface area contributed by atoms with E-state index in [4.69, 9.17) is 9.47 Å². The van der Waals surface area contributed by atoms with Gasteiger partial charge in [0.05, 0.1) is 12.4 Å². The van der Waals surface area contributed by atoms with Gasteiger partial charge >= 0.3 is 0 Å². The maximum absolute atomic E-state index is 11.9. The summed E-state index contributed by atoms with van der Waals surface area (Å²) in [6.07, 6.45) is 0.708. The summed E-state index contributed by atoms with van der Waals surface area (Å²) < 4.78 is 21.9. The van der Waals surface area contributed by atoms with Crippen LogP contribution in [0.4, 0.5) is 0 Å². The lowest BCUT2D eigenvalue weighted by Gasteiger charge is -2.05. The lowest BCUT2D eigenvalue weighted by molar-refractivity contribution is 0.102. The zero-order valence-corrected chi connectivity index (χ0v) is 12.2. The zero-order chi connectivity index (χ0) is 14.1. The highest BCUT2D eigenvalue weighted by atomic mass is 32.2. The minimum atomic E-state index is -1.12. The molecular formula is C14H20O4S. The Bertz CT molecular complexity index is 414. The summed E-state index contributed by atoms with van der Waals surface area (Å²) in [6.45, 7) is 3.07. The molecule has 5 heteroatoms. The topological polar surface area (TPSA) is 52.6 Å². The molecule has 0 spiro atoms. The standard InChI is InChI=1S/C14H20O4S/c1-3-18-13-7-5-12(6-8-13)14(15)11-19(16)10-4-9-17-2/h5-8H,3-4,9-11H2,1-2H3. The molecule has 0 saturated carbocycles. The fourth-order valence-corrected chi connectivity index (χ4v) is 2.61. The molecule has 19 heavy (non-hydrogen) atoms. The first-order valence-electron chi connectivity index (χ1n) is 6.27. The van der Waals surface area contributed by atoms with Crippen LogP contribution in [0, 0.1) is 0 Å². The van der Waals surface area contributed by atoms with Gasteiger partial charge in [0.2, 0.25) is 0 Å². The van der Waals surface area contributed by atoms with Gasteiger partial charge in [-0.25, -0.2) is 0 Å². The van der Waals surface area contributed by atoms with E-state index in [2.05, 4.69) is 0 Å². The third-order valence-corrected chi connectivity index (χ3v) is 3.83. The average Bonchev–Trinajstić information content (AvgIpc) is 2.40. The van der Waals surface area contributed by atoms with Crippen LogP contribution in [0.5, 0.6) is 5.75 Å². The van der Waals surface area contributed by atoms with Gasteiger partial charge in [-0.05, 0) is 37.6 Å². The molecule has 0 fully saturated rings.